The molecular formula is C33H50O6S. The number of benzene rings is 2. The summed E-state index contributed by atoms with van der Waals surface area (Å²) in [5, 5.41) is 10.8. The predicted molar refractivity (Wildman–Crippen MR) is 162 cm³/mol. The Labute approximate surface area is 242 Å². The highest BCUT2D eigenvalue weighted by Gasteiger charge is 2.23. The van der Waals surface area contributed by atoms with Crippen LogP contribution in [0.25, 0.3) is 0 Å². The molecule has 7 heteroatoms. The summed E-state index contributed by atoms with van der Waals surface area (Å²) in [5.41, 5.74) is 1.87. The average molecular weight is 575 g/mol. The van der Waals surface area contributed by atoms with Crippen LogP contribution < -0.4 is 4.74 Å². The molecule has 2 aromatic carbocycles. The van der Waals surface area contributed by atoms with E-state index in [0.29, 0.717) is 0 Å². The molecule has 2 rings (SSSR count). The summed E-state index contributed by atoms with van der Waals surface area (Å²) in [6.07, 6.45) is 17.1. The number of unbranched alkanes of at least 4 members (excludes halogenated alkanes) is 11. The summed E-state index contributed by atoms with van der Waals surface area (Å²) in [5.74, 6) is 0.752. The number of ether oxygens (including phenoxy) is 2. The number of allylic oxidation sites excluding steroid dienone is 1. The maximum absolute atomic E-state index is 12.6. The van der Waals surface area contributed by atoms with E-state index < -0.39 is 28.9 Å². The molecule has 40 heavy (non-hydrogen) atoms. The minimum absolute atomic E-state index is 0.0630. The fraction of sp³-hybridized carbons (Fsp3) is 0.576. The highest BCUT2D eigenvalue weighted by Crippen LogP contribution is 2.18. The third-order valence-electron chi connectivity index (χ3n) is 6.98. The van der Waals surface area contributed by atoms with Gasteiger partial charge in [-0.3, -0.25) is 4.18 Å². The number of hydrogen-bond donors (Lipinski definition) is 1. The molecule has 0 aliphatic heterocycles. The molecular weight excluding hydrogens is 524 g/mol. The predicted octanol–water partition coefficient (Wildman–Crippen LogP) is 7.91. The molecule has 0 heterocycles. The van der Waals surface area contributed by atoms with Crippen LogP contribution in [0.1, 0.15) is 95.1 Å². The van der Waals surface area contributed by atoms with Gasteiger partial charge < -0.3 is 14.6 Å². The van der Waals surface area contributed by atoms with Crippen molar-refractivity contribution in [3.8, 4) is 5.75 Å². The van der Waals surface area contributed by atoms with Crippen LogP contribution in [0.5, 0.6) is 5.75 Å². The SMILES string of the molecule is CCCCCCCCCCCCC/C=C/[C@@H](OCc1ccc(OC)cc1)[C@H](O)COS(=O)(=O)c1ccc(C)cc1. The van der Waals surface area contributed by atoms with Crippen molar-refractivity contribution in [1.29, 1.82) is 0 Å². The lowest BCUT2D eigenvalue weighted by Gasteiger charge is -2.21. The first kappa shape index (κ1) is 34.0. The van der Waals surface area contributed by atoms with Gasteiger partial charge in [0.15, 0.2) is 0 Å². The lowest BCUT2D eigenvalue weighted by atomic mass is 10.0. The van der Waals surface area contributed by atoms with Crippen LogP contribution >= 0.6 is 0 Å². The zero-order valence-electron chi connectivity index (χ0n) is 24.7. The summed E-state index contributed by atoms with van der Waals surface area (Å²) in [6, 6.07) is 13.9. The van der Waals surface area contributed by atoms with E-state index in [9.17, 15) is 13.5 Å². The minimum atomic E-state index is -3.98. The molecule has 2 atom stereocenters. The Hall–Kier alpha value is -2.19. The maximum Gasteiger partial charge on any atom is 0.297 e. The third kappa shape index (κ3) is 13.9. The molecule has 224 valence electrons. The highest BCUT2D eigenvalue weighted by molar-refractivity contribution is 7.86. The van der Waals surface area contributed by atoms with Crippen LogP contribution in [0.3, 0.4) is 0 Å². The van der Waals surface area contributed by atoms with E-state index in [0.717, 1.165) is 29.7 Å². The van der Waals surface area contributed by atoms with Gasteiger partial charge in [-0.2, -0.15) is 8.42 Å². The first-order valence-corrected chi connectivity index (χ1v) is 16.3. The van der Waals surface area contributed by atoms with Gasteiger partial charge in [-0.1, -0.05) is 113 Å². The van der Waals surface area contributed by atoms with Crippen molar-refractivity contribution < 1.29 is 27.2 Å². The molecule has 1 N–H and O–H groups in total. The van der Waals surface area contributed by atoms with Crippen LogP contribution in [0.2, 0.25) is 0 Å². The molecule has 6 nitrogen and oxygen atoms in total. The maximum atomic E-state index is 12.6. The van der Waals surface area contributed by atoms with Crippen LogP contribution in [0.4, 0.5) is 0 Å². The second-order valence-corrected chi connectivity index (χ2v) is 12.1. The number of rotatable bonds is 22. The summed E-state index contributed by atoms with van der Waals surface area (Å²) >= 11 is 0. The summed E-state index contributed by atoms with van der Waals surface area (Å²) in [6.45, 7) is 4.00. The molecule has 0 aliphatic carbocycles. The van der Waals surface area contributed by atoms with Crippen molar-refractivity contribution in [2.24, 2.45) is 0 Å². The molecule has 0 fully saturated rings. The van der Waals surface area contributed by atoms with E-state index in [-0.39, 0.29) is 11.5 Å². The van der Waals surface area contributed by atoms with Crippen LogP contribution in [-0.2, 0) is 25.6 Å². The smallest absolute Gasteiger partial charge is 0.297 e. The summed E-state index contributed by atoms with van der Waals surface area (Å²) < 4.78 is 41.6. The van der Waals surface area contributed by atoms with Gasteiger partial charge in [0.2, 0.25) is 0 Å². The third-order valence-corrected chi connectivity index (χ3v) is 8.28. The quantitative estimate of drug-likeness (QED) is 0.0874. The van der Waals surface area contributed by atoms with Crippen LogP contribution in [-0.4, -0.2) is 39.4 Å². The van der Waals surface area contributed by atoms with E-state index in [1.165, 1.54) is 76.3 Å². The fourth-order valence-electron chi connectivity index (χ4n) is 4.39. The van der Waals surface area contributed by atoms with Gasteiger partial charge in [-0.15, -0.1) is 0 Å². The standard InChI is InChI=1S/C33H50O6S/c1-4-5-6-7-8-9-10-11-12-13-14-15-16-17-33(38-26-29-20-22-30(37-3)23-21-29)32(34)27-39-40(35,36)31-24-18-28(2)19-25-31/h16-25,32-34H,4-15,26-27H2,1-3H3/b17-16+/t32-,33-/m1/s1. The van der Waals surface area contributed by atoms with Gasteiger partial charge in [-0.05, 0) is 49.6 Å². The van der Waals surface area contributed by atoms with E-state index in [1.807, 2.05) is 43.3 Å². The topological polar surface area (TPSA) is 82.1 Å². The molecule has 0 aliphatic rings. The van der Waals surface area contributed by atoms with Crippen molar-refractivity contribution in [2.45, 2.75) is 115 Å². The van der Waals surface area contributed by atoms with Gasteiger partial charge in [0.1, 0.15) is 18.0 Å². The van der Waals surface area contributed by atoms with E-state index in [2.05, 4.69) is 6.92 Å². The normalized spacial score (nSPS) is 13.5. The summed E-state index contributed by atoms with van der Waals surface area (Å²) in [4.78, 5) is 0.0630. The minimum Gasteiger partial charge on any atom is -0.497 e. The first-order valence-electron chi connectivity index (χ1n) is 14.9. The molecule has 0 saturated heterocycles. The average Bonchev–Trinajstić information content (AvgIpc) is 2.96. The van der Waals surface area contributed by atoms with Crippen molar-refractivity contribution in [3.63, 3.8) is 0 Å². The van der Waals surface area contributed by atoms with E-state index in [1.54, 1.807) is 19.2 Å². The largest absolute Gasteiger partial charge is 0.497 e. The van der Waals surface area contributed by atoms with Crippen LogP contribution in [0.15, 0.2) is 65.6 Å². The molecule has 0 bridgehead atoms. The first-order chi connectivity index (χ1) is 19.4. The zero-order valence-corrected chi connectivity index (χ0v) is 25.5. The molecule has 0 spiro atoms. The molecule has 0 unspecified atom stereocenters. The Morgan fingerprint density at radius 2 is 1.40 bits per heavy atom. The molecule has 0 aromatic heterocycles. The molecule has 2 aromatic rings. The highest BCUT2D eigenvalue weighted by atomic mass is 32.2. The van der Waals surface area contributed by atoms with Crippen molar-refractivity contribution in [3.05, 3.63) is 71.8 Å². The Kier molecular flexibility index (Phi) is 16.8. The Morgan fingerprint density at radius 3 is 1.98 bits per heavy atom. The Balaban J connectivity index is 1.82. The number of aliphatic hydroxyl groups is 1. The Morgan fingerprint density at radius 1 is 0.825 bits per heavy atom. The monoisotopic (exact) mass is 574 g/mol. The second-order valence-electron chi connectivity index (χ2n) is 10.5. The van der Waals surface area contributed by atoms with Crippen molar-refractivity contribution in [1.82, 2.24) is 0 Å². The number of methoxy groups -OCH3 is 1. The lowest BCUT2D eigenvalue weighted by molar-refractivity contribution is -0.0354. The fourth-order valence-corrected chi connectivity index (χ4v) is 5.32. The number of aliphatic hydroxyl groups excluding tert-OH is 1. The lowest BCUT2D eigenvalue weighted by Crippen LogP contribution is -2.32. The van der Waals surface area contributed by atoms with Gasteiger partial charge >= 0.3 is 0 Å². The van der Waals surface area contributed by atoms with Crippen LogP contribution in [0, 0.1) is 6.92 Å². The summed E-state index contributed by atoms with van der Waals surface area (Å²) in [7, 11) is -2.37. The molecule has 0 saturated carbocycles. The second kappa shape index (κ2) is 19.8. The Bertz CT molecular complexity index is 1050. The number of aryl methyl sites for hydroxylation is 1. The molecule has 0 radical (unpaired) electrons. The van der Waals surface area contributed by atoms with Gasteiger partial charge in [0.25, 0.3) is 10.1 Å². The number of hydrogen-bond acceptors (Lipinski definition) is 6. The molecule has 0 amide bonds. The van der Waals surface area contributed by atoms with Crippen molar-refractivity contribution >= 4 is 10.1 Å². The zero-order chi connectivity index (χ0) is 29.1. The van der Waals surface area contributed by atoms with Gasteiger partial charge in [0.05, 0.1) is 25.2 Å². The van der Waals surface area contributed by atoms with E-state index in [4.69, 9.17) is 13.7 Å². The van der Waals surface area contributed by atoms with E-state index >= 15 is 0 Å². The van der Waals surface area contributed by atoms with Gasteiger partial charge in [0, 0.05) is 0 Å². The van der Waals surface area contributed by atoms with Crippen molar-refractivity contribution in [2.75, 3.05) is 13.7 Å². The van der Waals surface area contributed by atoms with Gasteiger partial charge in [-0.25, -0.2) is 0 Å².